The number of thioether (sulfide) groups is 1. The van der Waals surface area contributed by atoms with Gasteiger partial charge in [0.25, 0.3) is 0 Å². The lowest BCUT2D eigenvalue weighted by molar-refractivity contribution is 0.600. The first-order chi connectivity index (χ1) is 10.00. The molecule has 0 aromatic heterocycles. The van der Waals surface area contributed by atoms with Crippen molar-refractivity contribution in [2.45, 2.75) is 17.6 Å². The third-order valence-electron chi connectivity index (χ3n) is 2.72. The normalized spacial score (nSPS) is 11.3. The van der Waals surface area contributed by atoms with E-state index in [1.165, 1.54) is 0 Å². The number of halogens is 1. The van der Waals surface area contributed by atoms with E-state index < -0.39 is 10.0 Å². The molecule has 0 saturated carbocycles. The van der Waals surface area contributed by atoms with Crippen molar-refractivity contribution >= 4 is 39.1 Å². The molecule has 2 rings (SSSR count). The summed E-state index contributed by atoms with van der Waals surface area (Å²) in [7, 11) is -3.45. The summed E-state index contributed by atoms with van der Waals surface area (Å²) in [6.45, 7) is 2.03. The number of hydrogen-bond acceptors (Lipinski definition) is 3. The van der Waals surface area contributed by atoms with Crippen molar-refractivity contribution in [3.8, 4) is 0 Å². The van der Waals surface area contributed by atoms with Gasteiger partial charge in [-0.25, -0.2) is 8.42 Å². The van der Waals surface area contributed by atoms with E-state index in [1.54, 1.807) is 42.1 Å². The third kappa shape index (κ3) is 4.95. The molecule has 2 aromatic carbocycles. The van der Waals surface area contributed by atoms with E-state index in [9.17, 15) is 8.42 Å². The SMILES string of the molecule is CCSc1ccccc1NS(=O)(=O)Cc1ccc(Cl)cc1. The average Bonchev–Trinajstić information content (AvgIpc) is 2.43. The Labute approximate surface area is 134 Å². The quantitative estimate of drug-likeness (QED) is 0.792. The molecule has 0 fully saturated rings. The molecule has 112 valence electrons. The molecule has 0 bridgehead atoms. The van der Waals surface area contributed by atoms with Gasteiger partial charge in [0, 0.05) is 9.92 Å². The third-order valence-corrected chi connectivity index (χ3v) is 5.17. The topological polar surface area (TPSA) is 46.2 Å². The zero-order valence-electron chi connectivity index (χ0n) is 11.5. The monoisotopic (exact) mass is 341 g/mol. The molecule has 0 aliphatic carbocycles. The summed E-state index contributed by atoms with van der Waals surface area (Å²) in [6, 6.07) is 14.2. The fourth-order valence-electron chi connectivity index (χ4n) is 1.84. The molecule has 0 unspecified atom stereocenters. The smallest absolute Gasteiger partial charge is 0.236 e. The van der Waals surface area contributed by atoms with Crippen molar-refractivity contribution < 1.29 is 8.42 Å². The Morgan fingerprint density at radius 3 is 2.43 bits per heavy atom. The van der Waals surface area contributed by atoms with Gasteiger partial charge in [-0.15, -0.1) is 11.8 Å². The molecule has 0 spiro atoms. The van der Waals surface area contributed by atoms with Crippen molar-refractivity contribution in [2.24, 2.45) is 0 Å². The first-order valence-corrected chi connectivity index (χ1v) is 9.48. The highest BCUT2D eigenvalue weighted by molar-refractivity contribution is 7.99. The maximum absolute atomic E-state index is 12.3. The Morgan fingerprint density at radius 2 is 1.76 bits per heavy atom. The second-order valence-corrected chi connectivity index (χ2v) is 7.88. The van der Waals surface area contributed by atoms with Crippen LogP contribution in [0.25, 0.3) is 0 Å². The summed E-state index contributed by atoms with van der Waals surface area (Å²) in [6.07, 6.45) is 0. The highest BCUT2D eigenvalue weighted by Crippen LogP contribution is 2.27. The minimum absolute atomic E-state index is 0.0741. The van der Waals surface area contributed by atoms with Crippen LogP contribution in [-0.2, 0) is 15.8 Å². The Hall–Kier alpha value is -1.17. The van der Waals surface area contributed by atoms with E-state index in [4.69, 9.17) is 11.6 Å². The van der Waals surface area contributed by atoms with Crippen LogP contribution in [0.15, 0.2) is 53.4 Å². The fourth-order valence-corrected chi connectivity index (χ4v) is 4.00. The predicted molar refractivity (Wildman–Crippen MR) is 90.5 cm³/mol. The van der Waals surface area contributed by atoms with Gasteiger partial charge in [0.2, 0.25) is 10.0 Å². The molecular formula is C15H16ClNO2S2. The van der Waals surface area contributed by atoms with E-state index in [0.717, 1.165) is 10.6 Å². The molecule has 0 aliphatic heterocycles. The van der Waals surface area contributed by atoms with Crippen molar-refractivity contribution in [1.82, 2.24) is 0 Å². The maximum atomic E-state index is 12.3. The van der Waals surface area contributed by atoms with Gasteiger partial charge < -0.3 is 0 Å². The van der Waals surface area contributed by atoms with Gasteiger partial charge in [-0.2, -0.15) is 0 Å². The Balaban J connectivity index is 2.16. The molecule has 0 atom stereocenters. The van der Waals surface area contributed by atoms with Gasteiger partial charge in [-0.05, 0) is 35.6 Å². The van der Waals surface area contributed by atoms with E-state index in [2.05, 4.69) is 4.72 Å². The van der Waals surface area contributed by atoms with Crippen molar-refractivity contribution in [2.75, 3.05) is 10.5 Å². The van der Waals surface area contributed by atoms with Crippen molar-refractivity contribution in [3.63, 3.8) is 0 Å². The van der Waals surface area contributed by atoms with Crippen LogP contribution in [0, 0.1) is 0 Å². The van der Waals surface area contributed by atoms with E-state index in [1.807, 2.05) is 25.1 Å². The molecular weight excluding hydrogens is 326 g/mol. The Bertz CT molecular complexity index is 700. The van der Waals surface area contributed by atoms with Gasteiger partial charge in [-0.3, -0.25) is 4.72 Å². The minimum Gasteiger partial charge on any atom is -0.282 e. The van der Waals surface area contributed by atoms with Crippen LogP contribution in [0.5, 0.6) is 0 Å². The summed E-state index contributed by atoms with van der Waals surface area (Å²) in [5.74, 6) is 0.811. The lowest BCUT2D eigenvalue weighted by Crippen LogP contribution is -2.15. The molecule has 21 heavy (non-hydrogen) atoms. The number of para-hydroxylation sites is 1. The largest absolute Gasteiger partial charge is 0.282 e. The molecule has 0 heterocycles. The molecule has 0 amide bonds. The van der Waals surface area contributed by atoms with Gasteiger partial charge in [0.05, 0.1) is 11.4 Å². The van der Waals surface area contributed by atoms with E-state index in [-0.39, 0.29) is 5.75 Å². The van der Waals surface area contributed by atoms with Crippen LogP contribution in [0.4, 0.5) is 5.69 Å². The Morgan fingerprint density at radius 1 is 1.10 bits per heavy atom. The lowest BCUT2D eigenvalue weighted by Gasteiger charge is -2.12. The van der Waals surface area contributed by atoms with Crippen LogP contribution in [0.2, 0.25) is 5.02 Å². The Kier molecular flexibility index (Phi) is 5.56. The summed E-state index contributed by atoms with van der Waals surface area (Å²) < 4.78 is 27.2. The number of hydrogen-bond donors (Lipinski definition) is 1. The second kappa shape index (κ2) is 7.20. The fraction of sp³-hybridized carbons (Fsp3) is 0.200. The number of benzene rings is 2. The van der Waals surface area contributed by atoms with Gasteiger partial charge >= 0.3 is 0 Å². The zero-order valence-corrected chi connectivity index (χ0v) is 13.9. The molecule has 1 N–H and O–H groups in total. The summed E-state index contributed by atoms with van der Waals surface area (Å²) in [4.78, 5) is 0.930. The zero-order chi connectivity index (χ0) is 15.3. The van der Waals surface area contributed by atoms with Crippen LogP contribution >= 0.6 is 23.4 Å². The average molecular weight is 342 g/mol. The molecule has 2 aromatic rings. The van der Waals surface area contributed by atoms with Crippen molar-refractivity contribution in [1.29, 1.82) is 0 Å². The lowest BCUT2D eigenvalue weighted by atomic mass is 10.2. The van der Waals surface area contributed by atoms with Gasteiger partial charge in [-0.1, -0.05) is 42.8 Å². The van der Waals surface area contributed by atoms with Crippen LogP contribution in [-0.4, -0.2) is 14.2 Å². The van der Waals surface area contributed by atoms with Crippen molar-refractivity contribution in [3.05, 3.63) is 59.1 Å². The highest BCUT2D eigenvalue weighted by atomic mass is 35.5. The number of sulfonamides is 1. The van der Waals surface area contributed by atoms with E-state index in [0.29, 0.717) is 16.3 Å². The molecule has 3 nitrogen and oxygen atoms in total. The summed E-state index contributed by atoms with van der Waals surface area (Å²) in [5.41, 5.74) is 1.32. The van der Waals surface area contributed by atoms with Crippen LogP contribution < -0.4 is 4.72 Å². The summed E-state index contributed by atoms with van der Waals surface area (Å²) >= 11 is 7.41. The maximum Gasteiger partial charge on any atom is 0.236 e. The molecule has 0 radical (unpaired) electrons. The molecule has 0 saturated heterocycles. The summed E-state index contributed by atoms with van der Waals surface area (Å²) in [5, 5.41) is 0.591. The highest BCUT2D eigenvalue weighted by Gasteiger charge is 2.13. The van der Waals surface area contributed by atoms with Gasteiger partial charge in [0.1, 0.15) is 0 Å². The second-order valence-electron chi connectivity index (χ2n) is 4.42. The minimum atomic E-state index is -3.45. The number of nitrogens with one attached hydrogen (secondary N) is 1. The first kappa shape index (κ1) is 16.2. The predicted octanol–water partition coefficient (Wildman–Crippen LogP) is 4.39. The first-order valence-electron chi connectivity index (χ1n) is 6.47. The van der Waals surface area contributed by atoms with E-state index >= 15 is 0 Å². The molecule has 6 heteroatoms. The number of anilines is 1. The standard InChI is InChI=1S/C15H16ClNO2S2/c1-2-20-15-6-4-3-5-14(15)17-21(18,19)11-12-7-9-13(16)10-8-12/h3-10,17H,2,11H2,1H3. The van der Waals surface area contributed by atoms with Gasteiger partial charge in [0.15, 0.2) is 0 Å². The van der Waals surface area contributed by atoms with Crippen LogP contribution in [0.1, 0.15) is 12.5 Å². The molecule has 0 aliphatic rings. The number of rotatable bonds is 6. The van der Waals surface area contributed by atoms with Crippen LogP contribution in [0.3, 0.4) is 0 Å².